The van der Waals surface area contributed by atoms with Crippen LogP contribution in [0.25, 0.3) is 0 Å². The molecule has 0 aromatic heterocycles. The molecule has 0 unspecified atom stereocenters. The van der Waals surface area contributed by atoms with Gasteiger partial charge in [-0.15, -0.1) is 0 Å². The molecule has 1 saturated carbocycles. The Bertz CT molecular complexity index is 831. The molecule has 3 amide bonds. The number of aryl methyl sites for hydroxylation is 1. The second-order valence-corrected chi connectivity index (χ2v) is 8.18. The van der Waals surface area contributed by atoms with Gasteiger partial charge in [-0.3, -0.25) is 19.3 Å². The molecular weight excluding hydrogens is 396 g/mol. The van der Waals surface area contributed by atoms with E-state index in [4.69, 9.17) is 16.3 Å². The van der Waals surface area contributed by atoms with Crippen molar-refractivity contribution in [1.82, 2.24) is 4.90 Å². The number of hydrogen-bond acceptors (Lipinski definition) is 5. The number of rotatable bonds is 5. The number of amides is 3. The number of benzene rings is 1. The van der Waals surface area contributed by atoms with Crippen LogP contribution in [0.1, 0.15) is 45.1 Å². The van der Waals surface area contributed by atoms with Gasteiger partial charge in [0.15, 0.2) is 6.10 Å². The Labute approximate surface area is 174 Å². The van der Waals surface area contributed by atoms with Gasteiger partial charge in [0.2, 0.25) is 11.8 Å². The summed E-state index contributed by atoms with van der Waals surface area (Å²) in [4.78, 5) is 51.2. The van der Waals surface area contributed by atoms with E-state index in [1.807, 2.05) is 6.92 Å². The fourth-order valence-electron chi connectivity index (χ4n) is 3.96. The van der Waals surface area contributed by atoms with Crippen LogP contribution in [0.15, 0.2) is 18.2 Å². The van der Waals surface area contributed by atoms with Crippen LogP contribution in [0.5, 0.6) is 0 Å². The topological polar surface area (TPSA) is 92.8 Å². The first-order chi connectivity index (χ1) is 13.7. The molecule has 1 heterocycles. The molecule has 1 aromatic carbocycles. The lowest BCUT2D eigenvalue weighted by molar-refractivity contribution is -0.163. The van der Waals surface area contributed by atoms with E-state index in [9.17, 15) is 19.2 Å². The number of nitrogens with zero attached hydrogens (tertiary/aromatic N) is 1. The maximum absolute atomic E-state index is 12.6. The molecular formula is C21H25ClN2O5. The number of carbonyl (C=O) groups is 4. The predicted octanol–water partition coefficient (Wildman–Crippen LogP) is 3.08. The molecule has 1 aliphatic heterocycles. The Kier molecular flexibility index (Phi) is 6.27. The van der Waals surface area contributed by atoms with E-state index < -0.39 is 24.0 Å². The summed E-state index contributed by atoms with van der Waals surface area (Å²) in [7, 11) is 0. The van der Waals surface area contributed by atoms with Crippen LogP contribution in [0.3, 0.4) is 0 Å². The molecule has 4 atom stereocenters. The van der Waals surface area contributed by atoms with E-state index in [1.165, 1.54) is 13.8 Å². The molecule has 2 aliphatic rings. The highest BCUT2D eigenvalue weighted by atomic mass is 35.5. The van der Waals surface area contributed by atoms with Crippen molar-refractivity contribution >= 4 is 41.0 Å². The molecule has 1 N–H and O–H groups in total. The number of ether oxygens (including phenoxy) is 1. The first-order valence-electron chi connectivity index (χ1n) is 9.85. The van der Waals surface area contributed by atoms with Crippen LogP contribution in [0.4, 0.5) is 5.69 Å². The van der Waals surface area contributed by atoms with Gasteiger partial charge in [0.1, 0.15) is 6.04 Å². The highest BCUT2D eigenvalue weighted by Crippen LogP contribution is 2.39. The smallest absolute Gasteiger partial charge is 0.329 e. The molecule has 3 rings (SSSR count). The first-order valence-corrected chi connectivity index (χ1v) is 10.2. The number of anilines is 1. The molecule has 1 aliphatic carbocycles. The van der Waals surface area contributed by atoms with E-state index in [-0.39, 0.29) is 23.7 Å². The number of halogens is 1. The van der Waals surface area contributed by atoms with E-state index in [1.54, 1.807) is 18.2 Å². The van der Waals surface area contributed by atoms with Gasteiger partial charge in [0.25, 0.3) is 5.91 Å². The van der Waals surface area contributed by atoms with E-state index in [2.05, 4.69) is 5.32 Å². The van der Waals surface area contributed by atoms with Gasteiger partial charge in [0.05, 0.1) is 11.8 Å². The highest BCUT2D eigenvalue weighted by molar-refractivity contribution is 6.31. The highest BCUT2D eigenvalue weighted by Gasteiger charge is 2.51. The molecule has 1 saturated heterocycles. The third kappa shape index (κ3) is 4.29. The van der Waals surface area contributed by atoms with Crippen molar-refractivity contribution in [3.05, 3.63) is 28.8 Å². The van der Waals surface area contributed by atoms with Gasteiger partial charge in [-0.1, -0.05) is 30.5 Å². The maximum atomic E-state index is 12.6. The molecule has 0 bridgehead atoms. The predicted molar refractivity (Wildman–Crippen MR) is 107 cm³/mol. The van der Waals surface area contributed by atoms with Crippen LogP contribution >= 0.6 is 11.6 Å². The lowest BCUT2D eigenvalue weighted by atomic mass is 9.81. The van der Waals surface area contributed by atoms with E-state index in [0.29, 0.717) is 23.6 Å². The Morgan fingerprint density at radius 2 is 1.72 bits per heavy atom. The second-order valence-electron chi connectivity index (χ2n) is 7.75. The number of hydrogen-bond donors (Lipinski definition) is 1. The van der Waals surface area contributed by atoms with Crippen LogP contribution in [0.2, 0.25) is 5.02 Å². The SMILES string of the molecule is Cc1ccc(Cl)cc1NC(=O)[C@H](C)OC(=O)[C@H](C)N1C(=O)[C@H]2CCCC[C@H]2C1=O. The first kappa shape index (κ1) is 21.3. The molecule has 8 heteroatoms. The van der Waals surface area contributed by atoms with E-state index in [0.717, 1.165) is 23.3 Å². The third-order valence-electron chi connectivity index (χ3n) is 5.72. The normalized spacial score (nSPS) is 23.4. The average molecular weight is 421 g/mol. The number of fused-ring (bicyclic) bond motifs is 1. The fraction of sp³-hybridized carbons (Fsp3) is 0.524. The molecule has 156 valence electrons. The minimum Gasteiger partial charge on any atom is -0.451 e. The van der Waals surface area contributed by atoms with Gasteiger partial charge in [0, 0.05) is 10.7 Å². The van der Waals surface area contributed by atoms with Crippen molar-refractivity contribution in [3.8, 4) is 0 Å². The minimum atomic E-state index is -1.10. The number of esters is 1. The van der Waals surface area contributed by atoms with Crippen molar-refractivity contribution in [1.29, 1.82) is 0 Å². The lowest BCUT2D eigenvalue weighted by Gasteiger charge is -2.23. The zero-order valence-corrected chi connectivity index (χ0v) is 17.5. The summed E-state index contributed by atoms with van der Waals surface area (Å²) in [5, 5.41) is 3.14. The van der Waals surface area contributed by atoms with Crippen molar-refractivity contribution < 1.29 is 23.9 Å². The molecule has 0 radical (unpaired) electrons. The van der Waals surface area contributed by atoms with Gasteiger partial charge < -0.3 is 10.1 Å². The summed E-state index contributed by atoms with van der Waals surface area (Å²) in [6.45, 7) is 4.71. The van der Waals surface area contributed by atoms with Gasteiger partial charge in [-0.25, -0.2) is 4.79 Å². The van der Waals surface area contributed by atoms with Crippen molar-refractivity contribution in [2.24, 2.45) is 11.8 Å². The zero-order valence-electron chi connectivity index (χ0n) is 16.7. The Balaban J connectivity index is 1.63. The number of carbonyl (C=O) groups excluding carboxylic acids is 4. The summed E-state index contributed by atoms with van der Waals surface area (Å²) in [6.07, 6.45) is 2.06. The largest absolute Gasteiger partial charge is 0.451 e. The van der Waals surface area contributed by atoms with Crippen molar-refractivity contribution in [2.45, 2.75) is 58.6 Å². The summed E-state index contributed by atoms with van der Waals surface area (Å²) >= 11 is 5.95. The molecule has 2 fully saturated rings. The summed E-state index contributed by atoms with van der Waals surface area (Å²) in [6, 6.07) is 4.01. The van der Waals surface area contributed by atoms with Gasteiger partial charge in [-0.2, -0.15) is 0 Å². The molecule has 29 heavy (non-hydrogen) atoms. The van der Waals surface area contributed by atoms with Crippen LogP contribution in [-0.2, 0) is 23.9 Å². The molecule has 7 nitrogen and oxygen atoms in total. The Hall–Kier alpha value is -2.41. The standard InChI is InChI=1S/C21H25ClN2O5/c1-11-8-9-14(22)10-17(11)23-18(25)13(3)29-21(28)12(2)24-19(26)15-6-4-5-7-16(15)20(24)27/h8-10,12-13,15-16H,4-7H2,1-3H3,(H,23,25)/t12-,13-,15-,16+/m0/s1. The second kappa shape index (κ2) is 8.53. The third-order valence-corrected chi connectivity index (χ3v) is 5.96. The number of likely N-dealkylation sites (tertiary alicyclic amines) is 1. The Morgan fingerprint density at radius 3 is 2.31 bits per heavy atom. The number of imide groups is 1. The van der Waals surface area contributed by atoms with Crippen LogP contribution < -0.4 is 5.32 Å². The quantitative estimate of drug-likeness (QED) is 0.583. The van der Waals surface area contributed by atoms with Gasteiger partial charge >= 0.3 is 5.97 Å². The van der Waals surface area contributed by atoms with Crippen molar-refractivity contribution in [3.63, 3.8) is 0 Å². The summed E-state index contributed by atoms with van der Waals surface area (Å²) in [5.41, 5.74) is 1.33. The number of nitrogens with one attached hydrogen (secondary N) is 1. The lowest BCUT2D eigenvalue weighted by Crippen LogP contribution is -2.46. The Morgan fingerprint density at radius 1 is 1.14 bits per heavy atom. The summed E-state index contributed by atoms with van der Waals surface area (Å²) in [5.74, 6) is -2.60. The average Bonchev–Trinajstić information content (AvgIpc) is 2.94. The maximum Gasteiger partial charge on any atom is 0.329 e. The molecule has 0 spiro atoms. The monoisotopic (exact) mass is 420 g/mol. The van der Waals surface area contributed by atoms with Crippen LogP contribution in [-0.4, -0.2) is 40.7 Å². The fourth-order valence-corrected chi connectivity index (χ4v) is 4.14. The molecule has 1 aromatic rings. The van der Waals surface area contributed by atoms with Crippen molar-refractivity contribution in [2.75, 3.05) is 5.32 Å². The zero-order chi connectivity index (χ0) is 21.3. The minimum absolute atomic E-state index is 0.309. The van der Waals surface area contributed by atoms with Gasteiger partial charge in [-0.05, 0) is 51.3 Å². The van der Waals surface area contributed by atoms with Crippen LogP contribution in [0, 0.1) is 18.8 Å². The summed E-state index contributed by atoms with van der Waals surface area (Å²) < 4.78 is 5.25. The van der Waals surface area contributed by atoms with E-state index >= 15 is 0 Å².